The van der Waals surface area contributed by atoms with Gasteiger partial charge in [-0.1, -0.05) is 0 Å². The zero-order valence-corrected chi connectivity index (χ0v) is 17.9. The maximum Gasteiger partial charge on any atom is 0.228 e. The molecule has 1 unspecified atom stereocenters. The van der Waals surface area contributed by atoms with Gasteiger partial charge in [0.05, 0.1) is 23.9 Å². The molecule has 0 radical (unpaired) electrons. The lowest BCUT2D eigenvalue weighted by molar-refractivity contribution is -0.119. The van der Waals surface area contributed by atoms with Crippen LogP contribution in [0.3, 0.4) is 0 Å². The zero-order valence-electron chi connectivity index (χ0n) is 17.9. The third-order valence-electron chi connectivity index (χ3n) is 6.64. The number of carbonyl (C=O) groups is 1. The van der Waals surface area contributed by atoms with E-state index in [9.17, 15) is 4.79 Å². The maximum atomic E-state index is 13.1. The lowest BCUT2D eigenvalue weighted by Crippen LogP contribution is -2.38. The van der Waals surface area contributed by atoms with E-state index in [-0.39, 0.29) is 18.2 Å². The SMILES string of the molecule is O=C(Cc1cnccn1)C1CCCN1c1nc2c(c(Nc3cc(C4CC4)[nH]n3)n1)CCC2. The van der Waals surface area contributed by atoms with Gasteiger partial charge in [0, 0.05) is 48.4 Å². The van der Waals surface area contributed by atoms with Crippen LogP contribution in [0.1, 0.15) is 60.7 Å². The highest BCUT2D eigenvalue weighted by molar-refractivity contribution is 5.89. The molecule has 1 aliphatic heterocycles. The van der Waals surface area contributed by atoms with Crippen LogP contribution in [0.25, 0.3) is 0 Å². The molecule has 9 nitrogen and oxygen atoms in total. The van der Waals surface area contributed by atoms with Crippen molar-refractivity contribution in [1.29, 1.82) is 0 Å². The minimum absolute atomic E-state index is 0.142. The summed E-state index contributed by atoms with van der Waals surface area (Å²) in [6, 6.07) is 1.86. The Balaban J connectivity index is 1.27. The van der Waals surface area contributed by atoms with Crippen LogP contribution in [0.5, 0.6) is 0 Å². The topological polar surface area (TPSA) is 113 Å². The van der Waals surface area contributed by atoms with Crippen molar-refractivity contribution < 1.29 is 4.79 Å². The van der Waals surface area contributed by atoms with Gasteiger partial charge in [-0.3, -0.25) is 19.9 Å². The van der Waals surface area contributed by atoms with E-state index in [1.165, 1.54) is 24.1 Å². The first-order chi connectivity index (χ1) is 15.7. The highest BCUT2D eigenvalue weighted by Crippen LogP contribution is 2.40. The second-order valence-electron chi connectivity index (χ2n) is 8.95. The van der Waals surface area contributed by atoms with Crippen molar-refractivity contribution in [3.8, 4) is 0 Å². The first-order valence-electron chi connectivity index (χ1n) is 11.5. The van der Waals surface area contributed by atoms with E-state index in [4.69, 9.17) is 9.97 Å². The van der Waals surface area contributed by atoms with Gasteiger partial charge in [-0.05, 0) is 44.9 Å². The number of nitrogens with zero attached hydrogens (tertiary/aromatic N) is 6. The van der Waals surface area contributed by atoms with E-state index in [0.29, 0.717) is 17.6 Å². The third-order valence-corrected chi connectivity index (χ3v) is 6.64. The van der Waals surface area contributed by atoms with Gasteiger partial charge in [-0.25, -0.2) is 4.98 Å². The van der Waals surface area contributed by atoms with E-state index in [0.717, 1.165) is 56.0 Å². The van der Waals surface area contributed by atoms with Crippen LogP contribution in [-0.4, -0.2) is 48.5 Å². The number of nitrogens with one attached hydrogen (secondary N) is 2. The summed E-state index contributed by atoms with van der Waals surface area (Å²) in [5.74, 6) is 3.02. The minimum atomic E-state index is -0.226. The number of Topliss-reactive ketones (excluding diaryl/α,β-unsaturated/α-hetero) is 1. The lowest BCUT2D eigenvalue weighted by Gasteiger charge is -2.25. The van der Waals surface area contributed by atoms with E-state index >= 15 is 0 Å². The molecule has 1 atom stereocenters. The molecule has 3 aromatic heterocycles. The van der Waals surface area contributed by atoms with E-state index in [1.807, 2.05) is 0 Å². The number of carbonyl (C=O) groups excluding carboxylic acids is 1. The maximum absolute atomic E-state index is 13.1. The number of aromatic amines is 1. The predicted molar refractivity (Wildman–Crippen MR) is 119 cm³/mol. The molecule has 4 heterocycles. The summed E-state index contributed by atoms with van der Waals surface area (Å²) < 4.78 is 0. The average Bonchev–Trinajstić information content (AvgIpc) is 3.20. The van der Waals surface area contributed by atoms with E-state index in [2.05, 4.69) is 36.4 Å². The molecule has 2 fully saturated rings. The summed E-state index contributed by atoms with van der Waals surface area (Å²) in [4.78, 5) is 33.3. The molecule has 3 aromatic rings. The minimum Gasteiger partial charge on any atom is -0.331 e. The molecular weight excluding hydrogens is 404 g/mol. The van der Waals surface area contributed by atoms with Crippen molar-refractivity contribution >= 4 is 23.4 Å². The van der Waals surface area contributed by atoms with Gasteiger partial charge in [-0.2, -0.15) is 10.1 Å². The number of hydrogen-bond acceptors (Lipinski definition) is 8. The monoisotopic (exact) mass is 430 g/mol. The molecule has 1 saturated heterocycles. The van der Waals surface area contributed by atoms with Crippen molar-refractivity contribution in [3.63, 3.8) is 0 Å². The summed E-state index contributed by atoms with van der Waals surface area (Å²) in [5, 5.41) is 11.0. The molecule has 0 spiro atoms. The van der Waals surface area contributed by atoms with Gasteiger partial charge in [0.1, 0.15) is 5.82 Å². The normalized spacial score (nSPS) is 19.9. The number of anilines is 3. The first-order valence-corrected chi connectivity index (χ1v) is 11.5. The fourth-order valence-electron chi connectivity index (χ4n) is 4.84. The fourth-order valence-corrected chi connectivity index (χ4v) is 4.84. The molecule has 6 rings (SSSR count). The zero-order chi connectivity index (χ0) is 21.5. The van der Waals surface area contributed by atoms with Crippen molar-refractivity contribution in [3.05, 3.63) is 47.3 Å². The smallest absolute Gasteiger partial charge is 0.228 e. The van der Waals surface area contributed by atoms with Crippen LogP contribution in [0, 0.1) is 0 Å². The molecule has 164 valence electrons. The van der Waals surface area contributed by atoms with Gasteiger partial charge < -0.3 is 10.2 Å². The van der Waals surface area contributed by atoms with Gasteiger partial charge in [0.25, 0.3) is 0 Å². The quantitative estimate of drug-likeness (QED) is 0.588. The number of aryl methyl sites for hydroxylation is 1. The van der Waals surface area contributed by atoms with Crippen molar-refractivity contribution in [1.82, 2.24) is 30.1 Å². The summed E-state index contributed by atoms with van der Waals surface area (Å²) in [5.41, 5.74) is 4.15. The number of H-pyrrole nitrogens is 1. The Kier molecular flexibility index (Phi) is 4.81. The number of rotatable bonds is 7. The fraction of sp³-hybridized carbons (Fsp3) is 0.478. The molecule has 1 saturated carbocycles. The van der Waals surface area contributed by atoms with Crippen LogP contribution in [-0.2, 0) is 24.1 Å². The Morgan fingerprint density at radius 3 is 2.94 bits per heavy atom. The Bertz CT molecular complexity index is 1140. The van der Waals surface area contributed by atoms with E-state index < -0.39 is 0 Å². The number of fused-ring (bicyclic) bond motifs is 1. The van der Waals surface area contributed by atoms with Gasteiger partial charge in [0.2, 0.25) is 5.95 Å². The van der Waals surface area contributed by atoms with Gasteiger partial charge in [-0.15, -0.1) is 0 Å². The molecule has 9 heteroatoms. The van der Waals surface area contributed by atoms with Crippen LogP contribution >= 0.6 is 0 Å². The van der Waals surface area contributed by atoms with Crippen molar-refractivity contribution in [2.45, 2.75) is 63.3 Å². The molecule has 2 aliphatic carbocycles. The van der Waals surface area contributed by atoms with Crippen LogP contribution in [0.2, 0.25) is 0 Å². The predicted octanol–water partition coefficient (Wildman–Crippen LogP) is 2.88. The third kappa shape index (κ3) is 3.72. The first kappa shape index (κ1) is 19.3. The highest BCUT2D eigenvalue weighted by atomic mass is 16.1. The van der Waals surface area contributed by atoms with Crippen LogP contribution < -0.4 is 10.2 Å². The number of aromatic nitrogens is 6. The van der Waals surface area contributed by atoms with Crippen LogP contribution in [0.15, 0.2) is 24.7 Å². The average molecular weight is 431 g/mol. The molecular formula is C23H26N8O. The van der Waals surface area contributed by atoms with E-state index in [1.54, 1.807) is 18.6 Å². The Hall–Kier alpha value is -3.36. The summed E-state index contributed by atoms with van der Waals surface area (Å²) in [6.45, 7) is 0.781. The Morgan fingerprint density at radius 2 is 2.09 bits per heavy atom. The summed E-state index contributed by atoms with van der Waals surface area (Å²) >= 11 is 0. The molecule has 0 bridgehead atoms. The number of hydrogen-bond donors (Lipinski definition) is 2. The summed E-state index contributed by atoms with van der Waals surface area (Å²) in [6.07, 6.45) is 12.4. The van der Waals surface area contributed by atoms with Crippen LogP contribution in [0.4, 0.5) is 17.6 Å². The molecule has 0 amide bonds. The lowest BCUT2D eigenvalue weighted by atomic mass is 10.1. The van der Waals surface area contributed by atoms with Crippen molar-refractivity contribution in [2.75, 3.05) is 16.8 Å². The highest BCUT2D eigenvalue weighted by Gasteiger charge is 2.34. The molecule has 2 N–H and O–H groups in total. The Morgan fingerprint density at radius 1 is 1.16 bits per heavy atom. The van der Waals surface area contributed by atoms with Crippen molar-refractivity contribution in [2.24, 2.45) is 0 Å². The second kappa shape index (κ2) is 7.96. The second-order valence-corrected chi connectivity index (χ2v) is 8.95. The number of ketones is 1. The van der Waals surface area contributed by atoms with Gasteiger partial charge in [0.15, 0.2) is 11.6 Å². The summed E-state index contributed by atoms with van der Waals surface area (Å²) in [7, 11) is 0. The molecule has 0 aromatic carbocycles. The largest absolute Gasteiger partial charge is 0.331 e. The molecule has 32 heavy (non-hydrogen) atoms. The Labute approximate surface area is 186 Å². The molecule has 3 aliphatic rings. The van der Waals surface area contributed by atoms with Gasteiger partial charge >= 0.3 is 0 Å². The standard InChI is InChI=1S/C23H26N8O/c32-20(11-15-13-24-8-9-25-15)19-5-2-10-31(19)23-26-17-4-1-3-16(17)22(28-23)27-21-12-18(29-30-21)14-6-7-14/h8-9,12-14,19H,1-7,10-11H2,(H2,26,27,28,29,30).